The summed E-state index contributed by atoms with van der Waals surface area (Å²) < 4.78 is 0. The number of hydrogen-bond acceptors (Lipinski definition) is 1. The van der Waals surface area contributed by atoms with Crippen molar-refractivity contribution >= 4 is 11.6 Å². The predicted octanol–water partition coefficient (Wildman–Crippen LogP) is 3.30. The molecule has 78 valence electrons. The van der Waals surface area contributed by atoms with Crippen molar-refractivity contribution in [3.8, 4) is 0 Å². The molecular formula is C11H22ClN. The van der Waals surface area contributed by atoms with Crippen LogP contribution in [0.1, 0.15) is 52.4 Å². The van der Waals surface area contributed by atoms with Crippen LogP contribution in [0.2, 0.25) is 0 Å². The Morgan fingerprint density at radius 1 is 1.23 bits per heavy atom. The molecule has 0 aliphatic heterocycles. The van der Waals surface area contributed by atoms with Crippen LogP contribution >= 0.6 is 11.6 Å². The Morgan fingerprint density at radius 3 is 2.38 bits per heavy atom. The Balaban J connectivity index is 2.60. The van der Waals surface area contributed by atoms with Gasteiger partial charge >= 0.3 is 0 Å². The Bertz CT molecular complexity index is 167. The van der Waals surface area contributed by atoms with Crippen molar-refractivity contribution in [1.29, 1.82) is 0 Å². The zero-order valence-electron chi connectivity index (χ0n) is 8.91. The van der Waals surface area contributed by atoms with Gasteiger partial charge in [-0.05, 0) is 38.0 Å². The van der Waals surface area contributed by atoms with E-state index >= 15 is 0 Å². The third kappa shape index (κ3) is 2.38. The standard InChI is InChI=1S/C11H22ClN/c1-10(7-5-9-12)6-3-4-8-11(10,2)13/h3-9,13H2,1-2H3. The summed E-state index contributed by atoms with van der Waals surface area (Å²) in [6.45, 7) is 4.54. The molecule has 1 aliphatic rings. The third-order valence-electron chi connectivity index (χ3n) is 3.92. The van der Waals surface area contributed by atoms with Gasteiger partial charge in [0.05, 0.1) is 0 Å². The summed E-state index contributed by atoms with van der Waals surface area (Å²) in [5.74, 6) is 0.770. The molecule has 1 rings (SSSR count). The van der Waals surface area contributed by atoms with Crippen LogP contribution in [0.5, 0.6) is 0 Å². The Hall–Kier alpha value is 0.250. The lowest BCUT2D eigenvalue weighted by atomic mass is 9.61. The van der Waals surface area contributed by atoms with Crippen LogP contribution in [-0.4, -0.2) is 11.4 Å². The van der Waals surface area contributed by atoms with Crippen LogP contribution in [-0.2, 0) is 0 Å². The van der Waals surface area contributed by atoms with E-state index in [0.29, 0.717) is 5.41 Å². The summed E-state index contributed by atoms with van der Waals surface area (Å²) in [7, 11) is 0. The summed E-state index contributed by atoms with van der Waals surface area (Å²) >= 11 is 5.74. The van der Waals surface area contributed by atoms with Gasteiger partial charge in [-0.2, -0.15) is 0 Å². The maximum Gasteiger partial charge on any atom is 0.0223 e. The van der Waals surface area contributed by atoms with Crippen molar-refractivity contribution in [2.75, 3.05) is 5.88 Å². The van der Waals surface area contributed by atoms with Gasteiger partial charge in [0, 0.05) is 11.4 Å². The maximum atomic E-state index is 6.35. The molecule has 0 aromatic heterocycles. The molecule has 0 aromatic carbocycles. The molecule has 0 amide bonds. The monoisotopic (exact) mass is 203 g/mol. The second-order valence-electron chi connectivity index (χ2n) is 4.98. The number of halogens is 1. The fourth-order valence-corrected chi connectivity index (χ4v) is 2.60. The quantitative estimate of drug-likeness (QED) is 0.700. The Labute approximate surface area is 87.0 Å². The van der Waals surface area contributed by atoms with Crippen LogP contribution in [0.4, 0.5) is 0 Å². The van der Waals surface area contributed by atoms with Crippen molar-refractivity contribution in [1.82, 2.24) is 0 Å². The van der Waals surface area contributed by atoms with Gasteiger partial charge in [0.25, 0.3) is 0 Å². The molecule has 13 heavy (non-hydrogen) atoms. The fraction of sp³-hybridized carbons (Fsp3) is 1.00. The third-order valence-corrected chi connectivity index (χ3v) is 4.18. The summed E-state index contributed by atoms with van der Waals surface area (Å²) in [4.78, 5) is 0. The second-order valence-corrected chi connectivity index (χ2v) is 5.36. The first-order valence-corrected chi connectivity index (χ1v) is 5.90. The molecule has 0 radical (unpaired) electrons. The van der Waals surface area contributed by atoms with E-state index in [2.05, 4.69) is 13.8 Å². The molecule has 1 nitrogen and oxygen atoms in total. The first-order chi connectivity index (χ1) is 6.02. The van der Waals surface area contributed by atoms with E-state index < -0.39 is 0 Å². The first kappa shape index (κ1) is 11.3. The molecule has 0 spiro atoms. The number of hydrogen-bond donors (Lipinski definition) is 1. The van der Waals surface area contributed by atoms with Gasteiger partial charge in [0.1, 0.15) is 0 Å². The van der Waals surface area contributed by atoms with E-state index in [0.717, 1.165) is 12.3 Å². The SMILES string of the molecule is CC1(N)CCCCC1(C)CCCCl. The minimum Gasteiger partial charge on any atom is -0.325 e. The highest BCUT2D eigenvalue weighted by molar-refractivity contribution is 6.17. The van der Waals surface area contributed by atoms with Crippen molar-refractivity contribution in [2.24, 2.45) is 11.1 Å². The molecule has 1 saturated carbocycles. The molecule has 0 saturated heterocycles. The normalized spacial score (nSPS) is 40.6. The molecule has 2 N–H and O–H groups in total. The van der Waals surface area contributed by atoms with E-state index in [9.17, 15) is 0 Å². The lowest BCUT2D eigenvalue weighted by Gasteiger charge is -2.48. The summed E-state index contributed by atoms with van der Waals surface area (Å²) in [6.07, 6.45) is 7.37. The fourth-order valence-electron chi connectivity index (χ4n) is 2.46. The van der Waals surface area contributed by atoms with Crippen LogP contribution in [0.25, 0.3) is 0 Å². The van der Waals surface area contributed by atoms with Gasteiger partial charge in [-0.25, -0.2) is 0 Å². The smallest absolute Gasteiger partial charge is 0.0223 e. The van der Waals surface area contributed by atoms with Crippen LogP contribution in [0.3, 0.4) is 0 Å². The zero-order chi connectivity index (χ0) is 9.95. The second kappa shape index (κ2) is 4.18. The molecule has 1 fully saturated rings. The van der Waals surface area contributed by atoms with Gasteiger partial charge in [-0.3, -0.25) is 0 Å². The molecule has 2 unspecified atom stereocenters. The molecule has 2 atom stereocenters. The van der Waals surface area contributed by atoms with Crippen LogP contribution in [0.15, 0.2) is 0 Å². The van der Waals surface area contributed by atoms with Crippen LogP contribution < -0.4 is 5.73 Å². The van der Waals surface area contributed by atoms with E-state index in [4.69, 9.17) is 17.3 Å². The number of rotatable bonds is 3. The molecule has 2 heteroatoms. The molecule has 0 heterocycles. The van der Waals surface area contributed by atoms with Crippen molar-refractivity contribution in [2.45, 2.75) is 57.9 Å². The number of alkyl halides is 1. The molecule has 0 aromatic rings. The van der Waals surface area contributed by atoms with E-state index in [1.807, 2.05) is 0 Å². The van der Waals surface area contributed by atoms with E-state index in [1.54, 1.807) is 0 Å². The van der Waals surface area contributed by atoms with Gasteiger partial charge in [0.15, 0.2) is 0 Å². The predicted molar refractivity (Wildman–Crippen MR) is 59.1 cm³/mol. The highest BCUT2D eigenvalue weighted by atomic mass is 35.5. The number of nitrogens with two attached hydrogens (primary N) is 1. The Morgan fingerprint density at radius 2 is 1.85 bits per heavy atom. The lowest BCUT2D eigenvalue weighted by Crippen LogP contribution is -2.53. The Kier molecular flexibility index (Phi) is 3.64. The lowest BCUT2D eigenvalue weighted by molar-refractivity contribution is 0.0837. The zero-order valence-corrected chi connectivity index (χ0v) is 9.66. The minimum atomic E-state index is 0.0251. The van der Waals surface area contributed by atoms with Gasteiger partial charge in [0.2, 0.25) is 0 Å². The topological polar surface area (TPSA) is 26.0 Å². The van der Waals surface area contributed by atoms with Crippen molar-refractivity contribution in [3.05, 3.63) is 0 Å². The molecule has 1 aliphatic carbocycles. The average molecular weight is 204 g/mol. The largest absolute Gasteiger partial charge is 0.325 e. The maximum absolute atomic E-state index is 6.35. The summed E-state index contributed by atoms with van der Waals surface area (Å²) in [5, 5.41) is 0. The molecular weight excluding hydrogens is 182 g/mol. The van der Waals surface area contributed by atoms with Gasteiger partial charge < -0.3 is 5.73 Å². The van der Waals surface area contributed by atoms with Crippen LogP contribution in [0, 0.1) is 5.41 Å². The highest BCUT2D eigenvalue weighted by Gasteiger charge is 2.42. The summed E-state index contributed by atoms with van der Waals surface area (Å²) in [6, 6.07) is 0. The van der Waals surface area contributed by atoms with Gasteiger partial charge in [-0.1, -0.05) is 19.8 Å². The van der Waals surface area contributed by atoms with Gasteiger partial charge in [-0.15, -0.1) is 11.6 Å². The highest BCUT2D eigenvalue weighted by Crippen LogP contribution is 2.45. The first-order valence-electron chi connectivity index (χ1n) is 5.37. The molecule has 0 bridgehead atoms. The van der Waals surface area contributed by atoms with E-state index in [1.165, 1.54) is 32.1 Å². The minimum absolute atomic E-state index is 0.0251. The average Bonchev–Trinajstić information content (AvgIpc) is 2.07. The summed E-state index contributed by atoms with van der Waals surface area (Å²) in [5.41, 5.74) is 6.70. The van der Waals surface area contributed by atoms with Crippen molar-refractivity contribution < 1.29 is 0 Å². The van der Waals surface area contributed by atoms with Crippen molar-refractivity contribution in [3.63, 3.8) is 0 Å². The van der Waals surface area contributed by atoms with E-state index in [-0.39, 0.29) is 5.54 Å².